The van der Waals surface area contributed by atoms with Crippen molar-refractivity contribution in [2.45, 2.75) is 219 Å². The summed E-state index contributed by atoms with van der Waals surface area (Å²) in [5.74, 6) is 3.31. The average molecular weight is 777 g/mol. The van der Waals surface area contributed by atoms with Gasteiger partial charge in [0, 0.05) is 25.2 Å². The van der Waals surface area contributed by atoms with Gasteiger partial charge < -0.3 is 36.7 Å². The molecule has 326 valence electrons. The van der Waals surface area contributed by atoms with Gasteiger partial charge >= 0.3 is 0 Å². The van der Waals surface area contributed by atoms with E-state index in [4.69, 9.17) is 31.4 Å². The Hall–Kier alpha value is -0.280. The first-order valence-electron chi connectivity index (χ1n) is 24.7. The van der Waals surface area contributed by atoms with Gasteiger partial charge in [-0.05, 0) is 152 Å². The highest BCUT2D eigenvalue weighted by molar-refractivity contribution is 5.09. The van der Waals surface area contributed by atoms with E-state index in [1.807, 2.05) is 0 Å². The highest BCUT2D eigenvalue weighted by Crippen LogP contribution is 2.63. The standard InChI is InChI=1S/C48H96N4O3/c1-4-5-6-7-8-9-10-11-12-13-14-15-16-17-34-52-35-20-24-40(2)43-29-30-44-47-41(39-46(48(43,44)3)55-38-23-33-51)25-18-26-42(53-36-21-31-49)27-19-28-45(47)54-37-22-32-50/h40-47,52H,4-39,49-51H2,1-3H3. The molecule has 0 aromatic heterocycles. The second kappa shape index (κ2) is 30.7. The largest absolute Gasteiger partial charge is 0.378 e. The van der Waals surface area contributed by atoms with Crippen LogP contribution in [0.4, 0.5) is 0 Å². The Morgan fingerprint density at radius 3 is 1.76 bits per heavy atom. The molecule has 0 aromatic rings. The van der Waals surface area contributed by atoms with Crippen LogP contribution < -0.4 is 22.5 Å². The third kappa shape index (κ3) is 17.9. The molecule has 0 aromatic carbocycles. The topological polar surface area (TPSA) is 118 Å². The van der Waals surface area contributed by atoms with Crippen LogP contribution in [0.5, 0.6) is 0 Å². The predicted molar refractivity (Wildman–Crippen MR) is 235 cm³/mol. The first kappa shape index (κ1) is 49.1. The van der Waals surface area contributed by atoms with Crippen molar-refractivity contribution in [1.82, 2.24) is 5.32 Å². The van der Waals surface area contributed by atoms with Crippen molar-refractivity contribution in [2.24, 2.45) is 52.2 Å². The maximum Gasteiger partial charge on any atom is 0.0636 e. The van der Waals surface area contributed by atoms with Crippen molar-refractivity contribution in [3.05, 3.63) is 0 Å². The van der Waals surface area contributed by atoms with Gasteiger partial charge in [0.15, 0.2) is 0 Å². The molecule has 0 spiro atoms. The Balaban J connectivity index is 1.48. The van der Waals surface area contributed by atoms with Gasteiger partial charge in [-0.15, -0.1) is 0 Å². The Kier molecular flexibility index (Phi) is 27.4. The van der Waals surface area contributed by atoms with Gasteiger partial charge in [-0.25, -0.2) is 0 Å². The van der Waals surface area contributed by atoms with Gasteiger partial charge in [0.1, 0.15) is 0 Å². The summed E-state index contributed by atoms with van der Waals surface area (Å²) in [5.41, 5.74) is 17.9. The summed E-state index contributed by atoms with van der Waals surface area (Å²) in [5, 5.41) is 3.82. The van der Waals surface area contributed by atoms with E-state index in [9.17, 15) is 0 Å². The second-order valence-electron chi connectivity index (χ2n) is 18.7. The van der Waals surface area contributed by atoms with Gasteiger partial charge in [0.05, 0.1) is 18.3 Å². The number of rotatable bonds is 32. The fourth-order valence-corrected chi connectivity index (χ4v) is 11.5. The van der Waals surface area contributed by atoms with Gasteiger partial charge in [0.25, 0.3) is 0 Å². The van der Waals surface area contributed by atoms with Crippen LogP contribution in [0.15, 0.2) is 0 Å². The van der Waals surface area contributed by atoms with Crippen LogP contribution in [0.25, 0.3) is 0 Å². The average Bonchev–Trinajstić information content (AvgIpc) is 3.54. The van der Waals surface area contributed by atoms with Gasteiger partial charge in [-0.2, -0.15) is 0 Å². The highest BCUT2D eigenvalue weighted by atomic mass is 16.5. The number of unbranched alkanes of at least 4 members (excludes halogenated alkanes) is 13. The number of hydrogen-bond acceptors (Lipinski definition) is 7. The lowest BCUT2D eigenvalue weighted by atomic mass is 9.52. The van der Waals surface area contributed by atoms with Crippen molar-refractivity contribution < 1.29 is 14.2 Å². The molecule has 0 bridgehead atoms. The normalized spacial score (nSPS) is 29.2. The minimum Gasteiger partial charge on any atom is -0.378 e. The molecule has 7 nitrogen and oxygen atoms in total. The molecule has 0 heterocycles. The Morgan fingerprint density at radius 1 is 0.600 bits per heavy atom. The molecule has 0 aliphatic heterocycles. The minimum atomic E-state index is 0.185. The summed E-state index contributed by atoms with van der Waals surface area (Å²) >= 11 is 0. The van der Waals surface area contributed by atoms with E-state index in [-0.39, 0.29) is 5.41 Å². The molecule has 3 saturated carbocycles. The highest BCUT2D eigenvalue weighted by Gasteiger charge is 2.61. The van der Waals surface area contributed by atoms with Crippen LogP contribution >= 0.6 is 0 Å². The molecular formula is C48H96N4O3. The molecule has 3 aliphatic rings. The van der Waals surface area contributed by atoms with Gasteiger partial charge in [0.2, 0.25) is 0 Å². The Bertz CT molecular complexity index is 895. The van der Waals surface area contributed by atoms with Gasteiger partial charge in [-0.1, -0.05) is 111 Å². The van der Waals surface area contributed by atoms with E-state index >= 15 is 0 Å². The zero-order chi connectivity index (χ0) is 39.4. The lowest BCUT2D eigenvalue weighted by molar-refractivity contribution is -0.170. The van der Waals surface area contributed by atoms with Crippen molar-refractivity contribution in [3.8, 4) is 0 Å². The van der Waals surface area contributed by atoms with Crippen LogP contribution in [0.3, 0.4) is 0 Å². The fourth-order valence-electron chi connectivity index (χ4n) is 11.5. The monoisotopic (exact) mass is 777 g/mol. The lowest BCUT2D eigenvalue weighted by Crippen LogP contribution is -2.56. The SMILES string of the molecule is CCCCCCCCCCCCCCCCNCCCC(C)C1CCC2C3C(CCCC(OCCCN)CCCC3OCCCN)CC(OCCCN)C12C. The smallest absolute Gasteiger partial charge is 0.0636 e. The van der Waals surface area contributed by atoms with E-state index in [1.54, 1.807) is 0 Å². The maximum absolute atomic E-state index is 6.97. The molecule has 3 aliphatic carbocycles. The van der Waals surface area contributed by atoms with Crippen molar-refractivity contribution in [1.29, 1.82) is 0 Å². The molecular weight excluding hydrogens is 681 g/mol. The van der Waals surface area contributed by atoms with Crippen molar-refractivity contribution >= 4 is 0 Å². The van der Waals surface area contributed by atoms with Crippen LogP contribution in [0.1, 0.15) is 201 Å². The number of ether oxygens (including phenoxy) is 3. The molecule has 7 heteroatoms. The Morgan fingerprint density at radius 2 is 1.15 bits per heavy atom. The molecule has 9 unspecified atom stereocenters. The minimum absolute atomic E-state index is 0.185. The third-order valence-electron chi connectivity index (χ3n) is 14.6. The summed E-state index contributed by atoms with van der Waals surface area (Å²) in [7, 11) is 0. The molecule has 9 atom stereocenters. The van der Waals surface area contributed by atoms with Gasteiger partial charge in [-0.3, -0.25) is 0 Å². The summed E-state index contributed by atoms with van der Waals surface area (Å²) in [4.78, 5) is 0. The van der Waals surface area contributed by atoms with E-state index in [0.717, 1.165) is 58.5 Å². The van der Waals surface area contributed by atoms with Crippen LogP contribution in [-0.2, 0) is 14.2 Å². The molecule has 7 N–H and O–H groups in total. The number of nitrogens with two attached hydrogens (primary N) is 3. The molecule has 3 rings (SSSR count). The third-order valence-corrected chi connectivity index (χ3v) is 14.6. The molecule has 55 heavy (non-hydrogen) atoms. The molecule has 0 radical (unpaired) electrons. The zero-order valence-electron chi connectivity index (χ0n) is 37.0. The first-order valence-corrected chi connectivity index (χ1v) is 24.7. The lowest BCUT2D eigenvalue weighted by Gasteiger charge is -2.56. The summed E-state index contributed by atoms with van der Waals surface area (Å²) in [6.07, 6.45) is 37.3. The zero-order valence-corrected chi connectivity index (χ0v) is 37.0. The van der Waals surface area contributed by atoms with E-state index in [0.29, 0.717) is 67.5 Å². The number of hydrogen-bond donors (Lipinski definition) is 4. The molecule has 0 amide bonds. The quantitative estimate of drug-likeness (QED) is 0.0503. The van der Waals surface area contributed by atoms with Crippen LogP contribution in [0.2, 0.25) is 0 Å². The fraction of sp³-hybridized carbons (Fsp3) is 1.00. The molecule has 0 saturated heterocycles. The predicted octanol–water partition coefficient (Wildman–Crippen LogP) is 10.7. The van der Waals surface area contributed by atoms with Crippen molar-refractivity contribution in [2.75, 3.05) is 52.5 Å². The maximum atomic E-state index is 6.97. The van der Waals surface area contributed by atoms with E-state index in [2.05, 4.69) is 26.1 Å². The van der Waals surface area contributed by atoms with E-state index < -0.39 is 0 Å². The number of nitrogens with one attached hydrogen (secondary N) is 1. The van der Waals surface area contributed by atoms with Crippen molar-refractivity contribution in [3.63, 3.8) is 0 Å². The summed E-state index contributed by atoms with van der Waals surface area (Å²) in [6.45, 7) is 14.3. The van der Waals surface area contributed by atoms with Crippen LogP contribution in [-0.4, -0.2) is 70.9 Å². The Labute approximate surface area is 342 Å². The van der Waals surface area contributed by atoms with Crippen LogP contribution in [0, 0.1) is 35.0 Å². The second-order valence-corrected chi connectivity index (χ2v) is 18.7. The van der Waals surface area contributed by atoms with E-state index in [1.165, 1.54) is 154 Å². The summed E-state index contributed by atoms with van der Waals surface area (Å²) < 4.78 is 20.2. The molecule has 3 fully saturated rings. The first-order chi connectivity index (χ1) is 27.0. The summed E-state index contributed by atoms with van der Waals surface area (Å²) in [6, 6.07) is 0. The number of fused-ring (bicyclic) bond motifs is 3.